The molecule has 1 heterocycles. The van der Waals surface area contributed by atoms with Crippen molar-refractivity contribution in [3.05, 3.63) is 43.0 Å². The summed E-state index contributed by atoms with van der Waals surface area (Å²) in [5.74, 6) is -7.88. The van der Waals surface area contributed by atoms with Crippen LogP contribution >= 0.6 is 0 Å². The molecule has 2 N–H and O–H groups in total. The molecular formula is C31H41F2N5O4. The van der Waals surface area contributed by atoms with Crippen LogP contribution in [-0.4, -0.2) is 71.1 Å². The molecule has 228 valence electrons. The van der Waals surface area contributed by atoms with Gasteiger partial charge < -0.3 is 20.4 Å². The number of likely N-dealkylation sites (N-methyl/N-ethyl adjacent to an activating group) is 1. The summed E-state index contributed by atoms with van der Waals surface area (Å²) in [6.45, 7) is 8.73. The molecule has 0 radical (unpaired) electrons. The third-order valence-electron chi connectivity index (χ3n) is 8.38. The highest BCUT2D eigenvalue weighted by molar-refractivity contribution is 5.98. The van der Waals surface area contributed by atoms with Crippen molar-refractivity contribution in [1.29, 1.82) is 5.26 Å². The van der Waals surface area contributed by atoms with E-state index < -0.39 is 59.0 Å². The van der Waals surface area contributed by atoms with Gasteiger partial charge >= 0.3 is 5.92 Å². The van der Waals surface area contributed by atoms with Crippen LogP contribution < -0.4 is 10.6 Å². The van der Waals surface area contributed by atoms with E-state index in [1.54, 1.807) is 30.3 Å². The fourth-order valence-corrected chi connectivity index (χ4v) is 5.81. The topological polar surface area (TPSA) is 123 Å². The van der Waals surface area contributed by atoms with Crippen molar-refractivity contribution in [2.75, 3.05) is 18.9 Å². The van der Waals surface area contributed by atoms with Crippen molar-refractivity contribution >= 4 is 29.3 Å². The Morgan fingerprint density at radius 2 is 1.81 bits per heavy atom. The third-order valence-corrected chi connectivity index (χ3v) is 8.38. The molecule has 3 rings (SSSR count). The number of likely N-dealkylation sites (tertiary alicyclic amines) is 1. The fraction of sp³-hybridized carbons (Fsp3) is 0.581. The number of amides is 4. The lowest BCUT2D eigenvalue weighted by atomic mass is 9.84. The molecule has 4 atom stereocenters. The van der Waals surface area contributed by atoms with Gasteiger partial charge in [-0.1, -0.05) is 51.0 Å². The quantitative estimate of drug-likeness (QED) is 0.378. The zero-order valence-electron chi connectivity index (χ0n) is 24.7. The normalized spacial score (nSPS) is 22.2. The minimum Gasteiger partial charge on any atom is -0.339 e. The van der Waals surface area contributed by atoms with E-state index in [1.165, 1.54) is 24.9 Å². The number of alkyl halides is 2. The Kier molecular flexibility index (Phi) is 10.5. The van der Waals surface area contributed by atoms with Gasteiger partial charge in [0.2, 0.25) is 17.7 Å². The van der Waals surface area contributed by atoms with Gasteiger partial charge in [0, 0.05) is 31.6 Å². The van der Waals surface area contributed by atoms with Gasteiger partial charge in [0.15, 0.2) is 0 Å². The van der Waals surface area contributed by atoms with Crippen molar-refractivity contribution in [1.82, 2.24) is 15.1 Å². The van der Waals surface area contributed by atoms with Crippen LogP contribution in [0.25, 0.3) is 0 Å². The zero-order valence-corrected chi connectivity index (χ0v) is 24.7. The number of hydrogen-bond acceptors (Lipinski definition) is 5. The van der Waals surface area contributed by atoms with E-state index in [-0.39, 0.29) is 38.1 Å². The number of nitrogens with one attached hydrogen (secondary N) is 2. The van der Waals surface area contributed by atoms with Gasteiger partial charge in [-0.25, -0.2) is 0 Å². The molecule has 9 nitrogen and oxygen atoms in total. The van der Waals surface area contributed by atoms with E-state index in [1.807, 2.05) is 13.8 Å². The Morgan fingerprint density at radius 1 is 1.19 bits per heavy atom. The number of benzene rings is 1. The minimum atomic E-state index is -3.60. The van der Waals surface area contributed by atoms with Gasteiger partial charge in [-0.3, -0.25) is 19.2 Å². The molecule has 0 spiro atoms. The van der Waals surface area contributed by atoms with Crippen LogP contribution in [0.1, 0.15) is 59.3 Å². The summed E-state index contributed by atoms with van der Waals surface area (Å²) in [6, 6.07) is 7.55. The van der Waals surface area contributed by atoms with Crippen molar-refractivity contribution < 1.29 is 28.0 Å². The second-order valence-electron chi connectivity index (χ2n) is 11.9. The first-order chi connectivity index (χ1) is 19.8. The number of carbonyl (C=O) groups is 4. The Bertz CT molecular complexity index is 1210. The predicted molar refractivity (Wildman–Crippen MR) is 154 cm³/mol. The van der Waals surface area contributed by atoms with Crippen LogP contribution in [0.15, 0.2) is 43.0 Å². The Labute approximate surface area is 246 Å². The van der Waals surface area contributed by atoms with Gasteiger partial charge in [-0.2, -0.15) is 14.0 Å². The lowest BCUT2D eigenvalue weighted by Gasteiger charge is -2.35. The second kappa shape index (κ2) is 13.4. The highest BCUT2D eigenvalue weighted by Gasteiger charge is 2.52. The van der Waals surface area contributed by atoms with Crippen molar-refractivity contribution in [3.63, 3.8) is 0 Å². The highest BCUT2D eigenvalue weighted by Crippen LogP contribution is 2.39. The molecule has 1 aliphatic carbocycles. The lowest BCUT2D eigenvalue weighted by Crippen LogP contribution is -2.57. The summed E-state index contributed by atoms with van der Waals surface area (Å²) >= 11 is 0. The molecule has 1 aromatic carbocycles. The molecule has 0 unspecified atom stereocenters. The summed E-state index contributed by atoms with van der Waals surface area (Å²) < 4.78 is 29.5. The van der Waals surface area contributed by atoms with Crippen LogP contribution in [0.3, 0.4) is 0 Å². The molecule has 11 heteroatoms. The second-order valence-corrected chi connectivity index (χ2v) is 11.9. The number of rotatable bonds is 11. The number of nitriles is 1. The highest BCUT2D eigenvalue weighted by atomic mass is 19.3. The summed E-state index contributed by atoms with van der Waals surface area (Å²) in [5.41, 5.74) is -0.691. The maximum Gasteiger partial charge on any atom is 0.327 e. The van der Waals surface area contributed by atoms with Crippen LogP contribution in [0.5, 0.6) is 0 Å². The van der Waals surface area contributed by atoms with E-state index in [4.69, 9.17) is 0 Å². The van der Waals surface area contributed by atoms with E-state index in [2.05, 4.69) is 23.3 Å². The summed E-state index contributed by atoms with van der Waals surface area (Å²) in [4.78, 5) is 55.6. The van der Waals surface area contributed by atoms with E-state index in [9.17, 15) is 33.2 Å². The van der Waals surface area contributed by atoms with Gasteiger partial charge in [0.1, 0.15) is 18.1 Å². The Morgan fingerprint density at radius 3 is 2.36 bits per heavy atom. The van der Waals surface area contributed by atoms with Crippen molar-refractivity contribution in [3.8, 4) is 6.07 Å². The number of carbonyl (C=O) groups excluding carboxylic acids is 4. The van der Waals surface area contributed by atoms with Crippen molar-refractivity contribution in [2.24, 2.45) is 17.3 Å². The monoisotopic (exact) mass is 585 g/mol. The zero-order chi connectivity index (χ0) is 31.2. The number of halogens is 2. The first-order valence-corrected chi connectivity index (χ1v) is 14.4. The number of nitrogens with zero attached hydrogens (tertiary/aromatic N) is 3. The number of para-hydroxylation sites is 1. The number of hydrogen-bond donors (Lipinski definition) is 2. The van der Waals surface area contributed by atoms with Crippen LogP contribution in [-0.2, 0) is 19.2 Å². The molecule has 42 heavy (non-hydrogen) atoms. The van der Waals surface area contributed by atoms with Gasteiger partial charge in [0.05, 0.1) is 11.5 Å². The first kappa shape index (κ1) is 32.7. The Balaban J connectivity index is 1.78. The molecular weight excluding hydrogens is 544 g/mol. The minimum absolute atomic E-state index is 0.0200. The molecule has 1 aliphatic heterocycles. The van der Waals surface area contributed by atoms with Crippen LogP contribution in [0, 0.1) is 28.6 Å². The fourth-order valence-electron chi connectivity index (χ4n) is 5.81. The van der Waals surface area contributed by atoms with Crippen LogP contribution in [0.2, 0.25) is 0 Å². The molecule has 1 saturated carbocycles. The standard InChI is InChI=1S/C31H41F2N5O4/c1-6-30(28(41)36-23-14-8-7-9-15-23)17-24(18-34)38(19-30)27(40)25(16-20(2)3)37(5)26(39)21(4)35-29(42)31(32,33)22-12-10-11-13-22/h6-9,14-15,20-22,24-25H,1,10-13,16-17,19H2,2-5H3,(H,35,42)(H,36,41)/t21-,24-,25-,30-/m0/s1. The third kappa shape index (κ3) is 6.97. The average Bonchev–Trinajstić information content (AvgIpc) is 3.65. The summed E-state index contributed by atoms with van der Waals surface area (Å²) in [5, 5.41) is 14.9. The largest absolute Gasteiger partial charge is 0.339 e. The van der Waals surface area contributed by atoms with Crippen LogP contribution in [0.4, 0.5) is 14.5 Å². The smallest absolute Gasteiger partial charge is 0.327 e. The van der Waals surface area contributed by atoms with Gasteiger partial charge in [0.25, 0.3) is 5.91 Å². The predicted octanol–water partition coefficient (Wildman–Crippen LogP) is 4.13. The summed E-state index contributed by atoms with van der Waals surface area (Å²) in [7, 11) is 1.38. The molecule has 2 fully saturated rings. The van der Waals surface area contributed by atoms with E-state index >= 15 is 0 Å². The SMILES string of the molecule is C=C[C@]1(C(=O)Nc2ccccc2)C[C@@H](C#N)N(C(=O)[C@H](CC(C)C)N(C)C(=O)[C@H](C)NC(=O)C(F)(F)C2CCCC2)C1. The first-order valence-electron chi connectivity index (χ1n) is 14.4. The molecule has 2 aliphatic rings. The van der Waals surface area contributed by atoms with Crippen molar-refractivity contribution in [2.45, 2.75) is 83.3 Å². The van der Waals surface area contributed by atoms with Gasteiger partial charge in [-0.15, -0.1) is 6.58 Å². The lowest BCUT2D eigenvalue weighted by molar-refractivity contribution is -0.156. The van der Waals surface area contributed by atoms with E-state index in [0.717, 1.165) is 4.90 Å². The van der Waals surface area contributed by atoms with E-state index in [0.29, 0.717) is 18.5 Å². The average molecular weight is 586 g/mol. The summed E-state index contributed by atoms with van der Waals surface area (Å²) in [6.07, 6.45) is 3.43. The molecule has 0 bridgehead atoms. The van der Waals surface area contributed by atoms with Gasteiger partial charge in [-0.05, 0) is 44.2 Å². The molecule has 1 aromatic rings. The molecule has 0 aromatic heterocycles. The Hall–Kier alpha value is -3.81. The number of anilines is 1. The molecule has 1 saturated heterocycles. The maximum absolute atomic E-state index is 14.7. The maximum atomic E-state index is 14.7. The molecule has 4 amide bonds.